The van der Waals surface area contributed by atoms with Gasteiger partial charge in [0.15, 0.2) is 0 Å². The summed E-state index contributed by atoms with van der Waals surface area (Å²) in [7, 11) is 0. The van der Waals surface area contributed by atoms with Crippen molar-refractivity contribution in [1.29, 1.82) is 0 Å². The van der Waals surface area contributed by atoms with Crippen LogP contribution in [0.2, 0.25) is 0 Å². The number of benzene rings is 1. The lowest BCUT2D eigenvalue weighted by Gasteiger charge is -2.06. The zero-order valence-electron chi connectivity index (χ0n) is 9.33. The largest absolute Gasteiger partial charge is 0.399 e. The van der Waals surface area contributed by atoms with E-state index in [0.717, 1.165) is 5.69 Å². The van der Waals surface area contributed by atoms with Gasteiger partial charge in [0.05, 0.1) is 4.92 Å². The minimum atomic E-state index is -0.577. The summed E-state index contributed by atoms with van der Waals surface area (Å²) in [6.07, 6.45) is 0. The number of anilines is 4. The van der Waals surface area contributed by atoms with Crippen LogP contribution in [0.5, 0.6) is 0 Å². The van der Waals surface area contributed by atoms with Gasteiger partial charge in [-0.1, -0.05) is 6.07 Å². The smallest absolute Gasteiger partial charge is 0.311 e. The summed E-state index contributed by atoms with van der Waals surface area (Å²) in [6.45, 7) is 0. The molecule has 0 unspecified atom stereocenters. The minimum absolute atomic E-state index is 0.131. The predicted molar refractivity (Wildman–Crippen MR) is 69.4 cm³/mol. The first kappa shape index (κ1) is 11.6. The molecule has 18 heavy (non-hydrogen) atoms. The molecule has 0 aliphatic rings. The van der Waals surface area contributed by atoms with Crippen molar-refractivity contribution >= 4 is 28.7 Å². The monoisotopic (exact) mass is 245 g/mol. The van der Waals surface area contributed by atoms with Crippen molar-refractivity contribution in [1.82, 2.24) is 4.98 Å². The molecule has 7 heteroatoms. The van der Waals surface area contributed by atoms with Crippen LogP contribution in [0, 0.1) is 10.1 Å². The van der Waals surface area contributed by atoms with E-state index in [4.69, 9.17) is 11.5 Å². The van der Waals surface area contributed by atoms with Gasteiger partial charge in [0, 0.05) is 17.4 Å². The standard InChI is InChI=1S/C11H11N5O2/c12-7-2-1-3-8(6-7)14-10-5-4-9(16(17)18)11(13)15-10/h1-6H,12H2,(H3,13,14,15). The van der Waals surface area contributed by atoms with E-state index in [0.29, 0.717) is 11.5 Å². The highest BCUT2D eigenvalue weighted by Gasteiger charge is 2.12. The van der Waals surface area contributed by atoms with Crippen molar-refractivity contribution in [2.45, 2.75) is 0 Å². The van der Waals surface area contributed by atoms with Crippen LogP contribution in [0.15, 0.2) is 36.4 Å². The zero-order valence-corrected chi connectivity index (χ0v) is 9.33. The van der Waals surface area contributed by atoms with Crippen LogP contribution in [-0.4, -0.2) is 9.91 Å². The molecule has 7 nitrogen and oxygen atoms in total. The number of aromatic nitrogens is 1. The number of nitrogens with one attached hydrogen (secondary N) is 1. The topological polar surface area (TPSA) is 120 Å². The summed E-state index contributed by atoms with van der Waals surface area (Å²) in [6, 6.07) is 9.85. The molecule has 2 rings (SSSR count). The third kappa shape index (κ3) is 2.46. The summed E-state index contributed by atoms with van der Waals surface area (Å²) in [5.41, 5.74) is 12.2. The fourth-order valence-corrected chi connectivity index (χ4v) is 1.46. The second-order valence-corrected chi connectivity index (χ2v) is 3.61. The molecule has 0 atom stereocenters. The van der Waals surface area contributed by atoms with E-state index in [9.17, 15) is 10.1 Å². The number of pyridine rings is 1. The van der Waals surface area contributed by atoms with Crippen molar-refractivity contribution in [3.63, 3.8) is 0 Å². The third-order valence-electron chi connectivity index (χ3n) is 2.26. The molecule has 0 amide bonds. The Kier molecular flexibility index (Phi) is 2.96. The predicted octanol–water partition coefficient (Wildman–Crippen LogP) is 1.90. The Bertz CT molecular complexity index is 600. The molecule has 2 aromatic rings. The van der Waals surface area contributed by atoms with Crippen LogP contribution in [0.4, 0.5) is 28.7 Å². The summed E-state index contributed by atoms with van der Waals surface area (Å²) < 4.78 is 0. The second-order valence-electron chi connectivity index (χ2n) is 3.61. The maximum Gasteiger partial charge on any atom is 0.311 e. The van der Waals surface area contributed by atoms with Gasteiger partial charge >= 0.3 is 5.69 Å². The summed E-state index contributed by atoms with van der Waals surface area (Å²) >= 11 is 0. The van der Waals surface area contributed by atoms with E-state index in [2.05, 4.69) is 10.3 Å². The number of rotatable bonds is 3. The van der Waals surface area contributed by atoms with Gasteiger partial charge in [-0.05, 0) is 24.3 Å². The average Bonchev–Trinajstić information content (AvgIpc) is 2.28. The zero-order chi connectivity index (χ0) is 13.1. The molecule has 1 heterocycles. The van der Waals surface area contributed by atoms with Crippen LogP contribution in [0.3, 0.4) is 0 Å². The van der Waals surface area contributed by atoms with E-state index < -0.39 is 4.92 Å². The molecule has 0 bridgehead atoms. The Hall–Kier alpha value is -2.83. The van der Waals surface area contributed by atoms with Crippen molar-refractivity contribution in [2.24, 2.45) is 0 Å². The maximum absolute atomic E-state index is 10.6. The van der Waals surface area contributed by atoms with Crippen molar-refractivity contribution < 1.29 is 4.92 Å². The Morgan fingerprint density at radius 2 is 2.00 bits per heavy atom. The molecule has 1 aromatic heterocycles. The SMILES string of the molecule is Nc1cccc(Nc2ccc([N+](=O)[O-])c(N)n2)c1. The Morgan fingerprint density at radius 3 is 2.61 bits per heavy atom. The van der Waals surface area contributed by atoms with Crippen LogP contribution >= 0.6 is 0 Å². The summed E-state index contributed by atoms with van der Waals surface area (Å²) in [5, 5.41) is 13.5. The van der Waals surface area contributed by atoms with Gasteiger partial charge in [-0.25, -0.2) is 4.98 Å². The average molecular weight is 245 g/mol. The molecule has 92 valence electrons. The summed E-state index contributed by atoms with van der Waals surface area (Å²) in [4.78, 5) is 13.9. The Balaban J connectivity index is 2.25. The quantitative estimate of drug-likeness (QED) is 0.431. The van der Waals surface area contributed by atoms with E-state index >= 15 is 0 Å². The summed E-state index contributed by atoms with van der Waals surface area (Å²) in [5.74, 6) is 0.289. The van der Waals surface area contributed by atoms with E-state index in [-0.39, 0.29) is 11.5 Å². The van der Waals surface area contributed by atoms with Gasteiger partial charge < -0.3 is 16.8 Å². The van der Waals surface area contributed by atoms with Gasteiger partial charge in [-0.2, -0.15) is 0 Å². The molecular weight excluding hydrogens is 234 g/mol. The van der Waals surface area contributed by atoms with E-state index in [1.165, 1.54) is 12.1 Å². The van der Waals surface area contributed by atoms with Crippen LogP contribution in [0.1, 0.15) is 0 Å². The first-order valence-corrected chi connectivity index (χ1v) is 5.10. The molecule has 0 saturated heterocycles. The first-order chi connectivity index (χ1) is 8.56. The normalized spacial score (nSPS) is 10.0. The first-order valence-electron chi connectivity index (χ1n) is 5.10. The number of nitrogens with two attached hydrogens (primary N) is 2. The fourth-order valence-electron chi connectivity index (χ4n) is 1.46. The van der Waals surface area contributed by atoms with Gasteiger partial charge in [-0.15, -0.1) is 0 Å². The molecule has 0 aliphatic carbocycles. The lowest BCUT2D eigenvalue weighted by Crippen LogP contribution is -2.01. The maximum atomic E-state index is 10.6. The lowest BCUT2D eigenvalue weighted by atomic mass is 10.3. The van der Waals surface area contributed by atoms with E-state index in [1.807, 2.05) is 0 Å². The van der Waals surface area contributed by atoms with Crippen LogP contribution in [0.25, 0.3) is 0 Å². The van der Waals surface area contributed by atoms with Gasteiger partial charge in [0.1, 0.15) is 5.82 Å². The highest BCUT2D eigenvalue weighted by molar-refractivity contribution is 5.64. The second kappa shape index (κ2) is 4.58. The Labute approximate surface area is 103 Å². The van der Waals surface area contributed by atoms with Crippen molar-refractivity contribution in [2.75, 3.05) is 16.8 Å². The third-order valence-corrected chi connectivity index (χ3v) is 2.26. The lowest BCUT2D eigenvalue weighted by molar-refractivity contribution is -0.384. The molecule has 5 N–H and O–H groups in total. The van der Waals surface area contributed by atoms with Crippen molar-refractivity contribution in [3.8, 4) is 0 Å². The number of nitrogen functional groups attached to an aromatic ring is 2. The number of nitrogens with zero attached hydrogens (tertiary/aromatic N) is 2. The molecule has 0 spiro atoms. The fraction of sp³-hybridized carbons (Fsp3) is 0. The van der Waals surface area contributed by atoms with Gasteiger partial charge in [0.2, 0.25) is 5.82 Å². The molecule has 0 aliphatic heterocycles. The highest BCUT2D eigenvalue weighted by Crippen LogP contribution is 2.23. The minimum Gasteiger partial charge on any atom is -0.399 e. The van der Waals surface area contributed by atoms with Gasteiger partial charge in [0.25, 0.3) is 0 Å². The molecule has 0 saturated carbocycles. The van der Waals surface area contributed by atoms with Gasteiger partial charge in [-0.3, -0.25) is 10.1 Å². The highest BCUT2D eigenvalue weighted by atomic mass is 16.6. The number of hydrogen-bond donors (Lipinski definition) is 3. The number of hydrogen-bond acceptors (Lipinski definition) is 6. The molecule has 0 fully saturated rings. The van der Waals surface area contributed by atoms with Crippen molar-refractivity contribution in [3.05, 3.63) is 46.5 Å². The molecular formula is C11H11N5O2. The van der Waals surface area contributed by atoms with E-state index in [1.54, 1.807) is 24.3 Å². The Morgan fingerprint density at radius 1 is 1.22 bits per heavy atom. The van der Waals surface area contributed by atoms with Crippen LogP contribution < -0.4 is 16.8 Å². The molecule has 1 aromatic carbocycles. The number of nitro groups is 1. The van der Waals surface area contributed by atoms with Crippen LogP contribution in [-0.2, 0) is 0 Å². The molecule has 0 radical (unpaired) electrons.